The number of aromatic nitrogens is 4. The van der Waals surface area contributed by atoms with E-state index in [-0.39, 0.29) is 11.8 Å². The number of fused-ring (bicyclic) bond motifs is 1. The number of hydrogen-bond donors (Lipinski definition) is 2. The lowest BCUT2D eigenvalue weighted by atomic mass is 9.93. The van der Waals surface area contributed by atoms with Gasteiger partial charge in [0.2, 0.25) is 0 Å². The van der Waals surface area contributed by atoms with Gasteiger partial charge in [-0.05, 0) is 0 Å². The largest absolute Gasteiger partial charge is 0.481 e. The fraction of sp³-hybridized carbons (Fsp3) is 0.545. The Morgan fingerprint density at radius 1 is 1.53 bits per heavy atom. The van der Waals surface area contributed by atoms with Gasteiger partial charge < -0.3 is 5.11 Å². The van der Waals surface area contributed by atoms with E-state index >= 15 is 0 Å². The van der Waals surface area contributed by atoms with Crippen molar-refractivity contribution in [3.63, 3.8) is 0 Å². The highest BCUT2D eigenvalue weighted by molar-refractivity contribution is 5.66. The maximum Gasteiger partial charge on any atom is 0.303 e. The zero-order valence-corrected chi connectivity index (χ0v) is 10.2. The van der Waals surface area contributed by atoms with Gasteiger partial charge in [0.25, 0.3) is 0 Å². The van der Waals surface area contributed by atoms with Gasteiger partial charge in [0.15, 0.2) is 11.5 Å². The van der Waals surface area contributed by atoms with E-state index in [1.165, 1.54) is 0 Å². The van der Waals surface area contributed by atoms with Crippen LogP contribution in [-0.2, 0) is 16.6 Å². The van der Waals surface area contributed by atoms with Gasteiger partial charge >= 0.3 is 5.97 Å². The Kier molecular flexibility index (Phi) is 2.65. The molecule has 2 rings (SSSR count). The average molecular weight is 236 g/mol. The molecule has 0 unspecified atom stereocenters. The second-order valence-electron chi connectivity index (χ2n) is 5.11. The fourth-order valence-electron chi connectivity index (χ4n) is 1.57. The van der Waals surface area contributed by atoms with Crippen molar-refractivity contribution >= 4 is 11.6 Å². The standard InChI is InChI=1S/C11H16N4O2/c1-11(2,3)7-6-9-13-12-8(15(9)14-7)4-5-10(16)17/h6,13H,4-5H2,1-3H3,(H,16,17). The predicted molar refractivity (Wildman–Crippen MR) is 62.0 cm³/mol. The first kappa shape index (κ1) is 11.6. The summed E-state index contributed by atoms with van der Waals surface area (Å²) in [6.07, 6.45) is 0.436. The molecule has 6 heteroatoms. The molecule has 0 spiro atoms. The normalized spacial score (nSPS) is 12.2. The molecule has 0 amide bonds. The van der Waals surface area contributed by atoms with Crippen LogP contribution in [0.4, 0.5) is 0 Å². The zero-order valence-electron chi connectivity index (χ0n) is 10.2. The van der Waals surface area contributed by atoms with Crippen molar-refractivity contribution in [2.75, 3.05) is 0 Å². The summed E-state index contributed by atoms with van der Waals surface area (Å²) >= 11 is 0. The number of rotatable bonds is 3. The summed E-state index contributed by atoms with van der Waals surface area (Å²) in [5.41, 5.74) is 1.73. The molecular weight excluding hydrogens is 220 g/mol. The van der Waals surface area contributed by atoms with E-state index in [1.807, 2.05) is 6.07 Å². The van der Waals surface area contributed by atoms with Gasteiger partial charge in [0, 0.05) is 17.9 Å². The molecule has 0 aliphatic carbocycles. The van der Waals surface area contributed by atoms with Gasteiger partial charge in [-0.2, -0.15) is 14.7 Å². The molecule has 0 aliphatic rings. The highest BCUT2D eigenvalue weighted by atomic mass is 16.4. The molecule has 92 valence electrons. The summed E-state index contributed by atoms with van der Waals surface area (Å²) in [4.78, 5) is 10.5. The van der Waals surface area contributed by atoms with Crippen LogP contribution in [0.15, 0.2) is 6.07 Å². The first-order chi connectivity index (χ1) is 7.88. The van der Waals surface area contributed by atoms with E-state index in [2.05, 4.69) is 36.1 Å². The fourth-order valence-corrected chi connectivity index (χ4v) is 1.57. The SMILES string of the molecule is CC(C)(C)c1cc2[nH]nc(CCC(=O)O)n2n1. The minimum absolute atomic E-state index is 0.0308. The van der Waals surface area contributed by atoms with Crippen LogP contribution >= 0.6 is 0 Å². The smallest absolute Gasteiger partial charge is 0.303 e. The molecule has 0 fully saturated rings. The molecule has 0 saturated heterocycles. The molecule has 0 bridgehead atoms. The molecule has 2 aromatic rings. The molecule has 0 atom stereocenters. The second kappa shape index (κ2) is 3.87. The van der Waals surface area contributed by atoms with Crippen molar-refractivity contribution in [2.24, 2.45) is 0 Å². The van der Waals surface area contributed by atoms with Crippen LogP contribution in [0.2, 0.25) is 0 Å². The van der Waals surface area contributed by atoms with E-state index in [0.717, 1.165) is 11.3 Å². The molecule has 0 saturated carbocycles. The molecule has 2 N–H and O–H groups in total. The molecule has 0 aliphatic heterocycles. The number of H-pyrrole nitrogens is 1. The van der Waals surface area contributed by atoms with Crippen LogP contribution in [0.1, 0.15) is 38.7 Å². The summed E-state index contributed by atoms with van der Waals surface area (Å²) in [7, 11) is 0. The number of carbonyl (C=O) groups is 1. The Balaban J connectivity index is 2.32. The number of aryl methyl sites for hydroxylation is 1. The summed E-state index contributed by atoms with van der Waals surface area (Å²) in [6.45, 7) is 6.25. The number of nitrogens with zero attached hydrogens (tertiary/aromatic N) is 3. The topological polar surface area (TPSA) is 83.3 Å². The highest BCUT2D eigenvalue weighted by Crippen LogP contribution is 2.21. The van der Waals surface area contributed by atoms with E-state index < -0.39 is 5.97 Å². The Morgan fingerprint density at radius 3 is 2.82 bits per heavy atom. The van der Waals surface area contributed by atoms with Crippen LogP contribution in [0.5, 0.6) is 0 Å². The third kappa shape index (κ3) is 2.30. The van der Waals surface area contributed by atoms with Crippen LogP contribution in [-0.4, -0.2) is 30.9 Å². The van der Waals surface area contributed by atoms with Crippen molar-refractivity contribution in [3.8, 4) is 0 Å². The third-order valence-electron chi connectivity index (χ3n) is 2.58. The van der Waals surface area contributed by atoms with Crippen molar-refractivity contribution in [1.82, 2.24) is 19.8 Å². The first-order valence-electron chi connectivity index (χ1n) is 5.53. The van der Waals surface area contributed by atoms with Crippen molar-refractivity contribution in [1.29, 1.82) is 0 Å². The van der Waals surface area contributed by atoms with Gasteiger partial charge in [-0.15, -0.1) is 0 Å². The molecule has 17 heavy (non-hydrogen) atoms. The van der Waals surface area contributed by atoms with Crippen molar-refractivity contribution < 1.29 is 9.90 Å². The lowest BCUT2D eigenvalue weighted by Crippen LogP contribution is -2.12. The van der Waals surface area contributed by atoms with Gasteiger partial charge in [0.05, 0.1) is 12.1 Å². The number of carboxylic acids is 1. The Morgan fingerprint density at radius 2 is 2.24 bits per heavy atom. The summed E-state index contributed by atoms with van der Waals surface area (Å²) in [5, 5.41) is 20.0. The molecular formula is C11H16N4O2. The molecule has 2 heterocycles. The van der Waals surface area contributed by atoms with Crippen molar-refractivity contribution in [2.45, 2.75) is 39.0 Å². The maximum absolute atomic E-state index is 10.5. The second-order valence-corrected chi connectivity index (χ2v) is 5.11. The minimum atomic E-state index is -0.829. The van der Waals surface area contributed by atoms with E-state index in [4.69, 9.17) is 5.11 Å². The number of aliphatic carboxylic acids is 1. The third-order valence-corrected chi connectivity index (χ3v) is 2.58. The summed E-state index contributed by atoms with van der Waals surface area (Å²) in [6, 6.07) is 1.94. The summed E-state index contributed by atoms with van der Waals surface area (Å²) < 4.78 is 1.68. The number of carboxylic acid groups (broad SMARTS) is 1. The van der Waals surface area contributed by atoms with E-state index in [1.54, 1.807) is 4.52 Å². The van der Waals surface area contributed by atoms with Crippen LogP contribution in [0, 0.1) is 0 Å². The zero-order chi connectivity index (χ0) is 12.6. The maximum atomic E-state index is 10.5. The number of hydrogen-bond acceptors (Lipinski definition) is 3. The minimum Gasteiger partial charge on any atom is -0.481 e. The van der Waals surface area contributed by atoms with Gasteiger partial charge in [0.1, 0.15) is 0 Å². The Labute approximate surface area is 98.6 Å². The average Bonchev–Trinajstić information content (AvgIpc) is 2.72. The Hall–Kier alpha value is -1.85. The number of nitrogens with one attached hydrogen (secondary N) is 1. The molecule has 0 aromatic carbocycles. The van der Waals surface area contributed by atoms with E-state index in [0.29, 0.717) is 12.2 Å². The van der Waals surface area contributed by atoms with Crippen LogP contribution in [0.25, 0.3) is 5.65 Å². The summed E-state index contributed by atoms with van der Waals surface area (Å²) in [5.74, 6) is -0.178. The number of aromatic amines is 1. The Bertz CT molecular complexity index is 547. The molecule has 2 aromatic heterocycles. The monoisotopic (exact) mass is 236 g/mol. The lowest BCUT2D eigenvalue weighted by molar-refractivity contribution is -0.137. The first-order valence-corrected chi connectivity index (χ1v) is 5.53. The van der Waals surface area contributed by atoms with Gasteiger partial charge in [-0.25, -0.2) is 0 Å². The van der Waals surface area contributed by atoms with Gasteiger partial charge in [-0.3, -0.25) is 9.89 Å². The highest BCUT2D eigenvalue weighted by Gasteiger charge is 2.19. The quantitative estimate of drug-likeness (QED) is 0.843. The molecule has 6 nitrogen and oxygen atoms in total. The van der Waals surface area contributed by atoms with Crippen molar-refractivity contribution in [3.05, 3.63) is 17.6 Å². The van der Waals surface area contributed by atoms with E-state index in [9.17, 15) is 4.79 Å². The lowest BCUT2D eigenvalue weighted by Gasteiger charge is -2.13. The van der Waals surface area contributed by atoms with Gasteiger partial charge in [-0.1, -0.05) is 20.8 Å². The van der Waals surface area contributed by atoms with Crippen LogP contribution in [0.3, 0.4) is 0 Å². The molecule has 0 radical (unpaired) electrons. The predicted octanol–water partition coefficient (Wildman–Crippen LogP) is 1.37. The van der Waals surface area contributed by atoms with Crippen LogP contribution < -0.4 is 0 Å².